The van der Waals surface area contributed by atoms with Crippen LogP contribution in [0.3, 0.4) is 0 Å². The van der Waals surface area contributed by atoms with Gasteiger partial charge in [-0.3, -0.25) is 4.90 Å². The van der Waals surface area contributed by atoms with Crippen LogP contribution in [0.1, 0.15) is 43.6 Å². The van der Waals surface area contributed by atoms with Gasteiger partial charge in [-0.15, -0.1) is 0 Å². The molecule has 4 nitrogen and oxygen atoms in total. The number of hydrogen-bond donors (Lipinski definition) is 1. The van der Waals surface area contributed by atoms with Crippen LogP contribution >= 0.6 is 11.9 Å². The Bertz CT molecular complexity index is 955. The number of hydrogen-bond acceptors (Lipinski definition) is 4. The molecular formula is C21H22F4N2O2S. The molecule has 0 spiro atoms. The summed E-state index contributed by atoms with van der Waals surface area (Å²) in [5.41, 5.74) is 0.766. The number of benzene rings is 2. The molecule has 1 aliphatic rings. The van der Waals surface area contributed by atoms with Crippen LogP contribution in [0.25, 0.3) is 0 Å². The summed E-state index contributed by atoms with van der Waals surface area (Å²) < 4.78 is 63.8. The molecule has 0 aromatic heterocycles. The summed E-state index contributed by atoms with van der Waals surface area (Å²) in [6.45, 7) is 7.22. The minimum atomic E-state index is -1.39. The van der Waals surface area contributed by atoms with Gasteiger partial charge < -0.3 is 9.46 Å². The van der Waals surface area contributed by atoms with Gasteiger partial charge in [-0.25, -0.2) is 22.4 Å². The fourth-order valence-electron chi connectivity index (χ4n) is 3.21. The minimum absolute atomic E-state index is 0.243. The van der Waals surface area contributed by atoms with Crippen molar-refractivity contribution >= 4 is 29.4 Å². The molecule has 1 N–H and O–H groups in total. The molecule has 0 radical (unpaired) electrons. The summed E-state index contributed by atoms with van der Waals surface area (Å²) in [7, 11) is 0. The molecule has 1 heterocycles. The van der Waals surface area contributed by atoms with E-state index in [4.69, 9.17) is 4.74 Å². The monoisotopic (exact) mass is 442 g/mol. The largest absolute Gasteiger partial charge is 0.441 e. The number of nitrogens with zero attached hydrogens (tertiary/aromatic N) is 1. The van der Waals surface area contributed by atoms with Gasteiger partial charge in [0, 0.05) is 34.7 Å². The Hall–Kier alpha value is -2.42. The molecule has 0 fully saturated rings. The number of carbonyl (C=O) groups is 1. The third-order valence-electron chi connectivity index (χ3n) is 4.78. The Morgan fingerprint density at radius 1 is 1.13 bits per heavy atom. The van der Waals surface area contributed by atoms with E-state index in [2.05, 4.69) is 4.72 Å². The van der Waals surface area contributed by atoms with E-state index < -0.39 is 46.6 Å². The lowest BCUT2D eigenvalue weighted by atomic mass is 10.0. The van der Waals surface area contributed by atoms with E-state index in [9.17, 15) is 22.4 Å². The third kappa shape index (κ3) is 4.21. The quantitative estimate of drug-likeness (QED) is 0.316. The first-order chi connectivity index (χ1) is 14.1. The van der Waals surface area contributed by atoms with Gasteiger partial charge in [0.05, 0.1) is 5.69 Å². The first-order valence-electron chi connectivity index (χ1n) is 9.43. The number of nitrogens with one attached hydrogen (secondary N) is 1. The van der Waals surface area contributed by atoms with E-state index >= 15 is 0 Å². The molecule has 30 heavy (non-hydrogen) atoms. The van der Waals surface area contributed by atoms with Crippen molar-refractivity contribution in [2.24, 2.45) is 5.92 Å². The molecule has 0 saturated carbocycles. The summed E-state index contributed by atoms with van der Waals surface area (Å²) in [5.74, 6) is -5.65. The highest BCUT2D eigenvalue weighted by atomic mass is 32.2. The van der Waals surface area contributed by atoms with Gasteiger partial charge >= 0.3 is 6.09 Å². The minimum Gasteiger partial charge on any atom is -0.441 e. The molecule has 2 aromatic rings. The second-order valence-electron chi connectivity index (χ2n) is 7.55. The molecule has 3 rings (SSSR count). The van der Waals surface area contributed by atoms with E-state index in [0.29, 0.717) is 12.2 Å². The molecule has 0 bridgehead atoms. The number of carbonyl (C=O) groups excluding carboxylic acids is 1. The number of anilines is 2. The van der Waals surface area contributed by atoms with Crippen LogP contribution in [0, 0.1) is 36.1 Å². The molecule has 1 aliphatic heterocycles. The van der Waals surface area contributed by atoms with Gasteiger partial charge in [-0.1, -0.05) is 13.8 Å². The predicted molar refractivity (Wildman–Crippen MR) is 109 cm³/mol. The second kappa shape index (κ2) is 8.75. The summed E-state index contributed by atoms with van der Waals surface area (Å²) in [6, 6.07) is 5.26. The zero-order valence-electron chi connectivity index (χ0n) is 17.0. The van der Waals surface area contributed by atoms with Crippen LogP contribution in [0.5, 0.6) is 0 Å². The smallest absolute Gasteiger partial charge is 0.414 e. The summed E-state index contributed by atoms with van der Waals surface area (Å²) >= 11 is 0.890. The lowest BCUT2D eigenvalue weighted by Gasteiger charge is -2.33. The van der Waals surface area contributed by atoms with Crippen molar-refractivity contribution in [3.05, 3.63) is 58.2 Å². The fraction of sp³-hybridized carbons (Fsp3) is 0.381. The molecule has 162 valence electrons. The van der Waals surface area contributed by atoms with Crippen LogP contribution in [0.2, 0.25) is 0 Å². The van der Waals surface area contributed by atoms with E-state index in [1.165, 1.54) is 0 Å². The van der Waals surface area contributed by atoms with E-state index in [1.54, 1.807) is 30.0 Å². The van der Waals surface area contributed by atoms with Crippen molar-refractivity contribution in [2.45, 2.75) is 39.6 Å². The Balaban J connectivity index is 1.77. The normalized spacial score (nSPS) is 16.0. The van der Waals surface area contributed by atoms with Crippen LogP contribution in [0.15, 0.2) is 18.2 Å². The highest BCUT2D eigenvalue weighted by Crippen LogP contribution is 2.37. The molecule has 0 aliphatic carbocycles. The summed E-state index contributed by atoms with van der Waals surface area (Å²) in [6.07, 6.45) is -0.869. The number of amides is 1. The maximum Gasteiger partial charge on any atom is 0.414 e. The van der Waals surface area contributed by atoms with Gasteiger partial charge in [-0.2, -0.15) is 0 Å². The zero-order valence-corrected chi connectivity index (χ0v) is 17.8. The standard InChI is InChI=1S/C21H22F4N2O2S/c1-10(2)8-27-16-6-5-13(7-14(16)12(4)29-21(27)28)26-30-9-15-19(24)17(22)11(3)18(23)20(15)25/h5-7,10,12,26H,8-9H2,1-4H3. The first kappa shape index (κ1) is 22.3. The average molecular weight is 442 g/mol. The van der Waals surface area contributed by atoms with E-state index in [-0.39, 0.29) is 11.7 Å². The Morgan fingerprint density at radius 3 is 2.37 bits per heavy atom. The Labute approximate surface area is 176 Å². The van der Waals surface area contributed by atoms with Crippen molar-refractivity contribution < 1.29 is 27.1 Å². The third-order valence-corrected chi connectivity index (χ3v) is 5.60. The summed E-state index contributed by atoms with van der Waals surface area (Å²) in [4.78, 5) is 13.8. The highest BCUT2D eigenvalue weighted by molar-refractivity contribution is 7.99. The van der Waals surface area contributed by atoms with Crippen molar-refractivity contribution in [1.82, 2.24) is 0 Å². The van der Waals surface area contributed by atoms with Gasteiger partial charge in [0.1, 0.15) is 6.10 Å². The molecule has 1 atom stereocenters. The average Bonchev–Trinajstić information content (AvgIpc) is 2.70. The maximum atomic E-state index is 14.0. The molecule has 1 amide bonds. The SMILES string of the molecule is Cc1c(F)c(F)c(CSNc2ccc3c(c2)C(C)OC(=O)N3CC(C)C)c(F)c1F. The Kier molecular flexibility index (Phi) is 6.50. The highest BCUT2D eigenvalue weighted by Gasteiger charge is 2.31. The number of rotatable bonds is 6. The van der Waals surface area contributed by atoms with Gasteiger partial charge in [0.2, 0.25) is 0 Å². The Morgan fingerprint density at radius 2 is 1.77 bits per heavy atom. The second-order valence-corrected chi connectivity index (χ2v) is 8.34. The van der Waals surface area contributed by atoms with Crippen LogP contribution in [-0.2, 0) is 10.5 Å². The van der Waals surface area contributed by atoms with Crippen molar-refractivity contribution in [2.75, 3.05) is 16.2 Å². The van der Waals surface area contributed by atoms with E-state index in [0.717, 1.165) is 30.1 Å². The molecule has 9 heteroatoms. The zero-order chi connectivity index (χ0) is 22.2. The molecular weight excluding hydrogens is 420 g/mol. The molecule has 2 aromatic carbocycles. The maximum absolute atomic E-state index is 14.0. The lowest BCUT2D eigenvalue weighted by molar-refractivity contribution is 0.107. The van der Waals surface area contributed by atoms with Crippen LogP contribution < -0.4 is 9.62 Å². The van der Waals surface area contributed by atoms with Gasteiger partial charge in [-0.05, 0) is 49.9 Å². The van der Waals surface area contributed by atoms with Crippen molar-refractivity contribution in [3.8, 4) is 0 Å². The van der Waals surface area contributed by atoms with Gasteiger partial charge in [0.15, 0.2) is 23.3 Å². The number of halogens is 4. The van der Waals surface area contributed by atoms with E-state index in [1.807, 2.05) is 13.8 Å². The van der Waals surface area contributed by atoms with Crippen molar-refractivity contribution in [1.29, 1.82) is 0 Å². The predicted octanol–water partition coefficient (Wildman–Crippen LogP) is 6.49. The number of cyclic esters (lactones) is 1. The fourth-order valence-corrected chi connectivity index (χ4v) is 3.97. The molecule has 0 saturated heterocycles. The first-order valence-corrected chi connectivity index (χ1v) is 10.4. The van der Waals surface area contributed by atoms with Gasteiger partial charge in [0.25, 0.3) is 0 Å². The molecule has 1 unspecified atom stereocenters. The van der Waals surface area contributed by atoms with Crippen LogP contribution in [0.4, 0.5) is 33.7 Å². The number of fused-ring (bicyclic) bond motifs is 1. The lowest BCUT2D eigenvalue weighted by Crippen LogP contribution is -2.39. The van der Waals surface area contributed by atoms with Crippen LogP contribution in [-0.4, -0.2) is 12.6 Å². The number of ether oxygens (including phenoxy) is 1. The topological polar surface area (TPSA) is 41.6 Å². The summed E-state index contributed by atoms with van der Waals surface area (Å²) in [5, 5.41) is 0. The van der Waals surface area contributed by atoms with Crippen molar-refractivity contribution in [3.63, 3.8) is 0 Å².